The van der Waals surface area contributed by atoms with Gasteiger partial charge in [0.25, 0.3) is 0 Å². The van der Waals surface area contributed by atoms with Gasteiger partial charge in [0.1, 0.15) is 17.3 Å². The van der Waals surface area contributed by atoms with Crippen molar-refractivity contribution in [2.45, 2.75) is 51.0 Å². The number of rotatable bonds is 11. The quantitative estimate of drug-likeness (QED) is 0.194. The van der Waals surface area contributed by atoms with E-state index in [2.05, 4.69) is 0 Å². The van der Waals surface area contributed by atoms with Crippen molar-refractivity contribution in [2.75, 3.05) is 19.5 Å². The highest BCUT2D eigenvalue weighted by molar-refractivity contribution is 7.98. The largest absolute Gasteiger partial charge is 0.482 e. The molecular weight excluding hydrogens is 440 g/mol. The standard InChI is InChI=1S/C26H32O6S/c1-6-30-25(29)22(24(28)19-10-14-21(33-5)15-11-19)16-9-18-7-12-20(13-8-18)31-17-23(27)32-26(2,3)4/h7-8,10-15,22H,6,9,16-17H2,1-5H3. The predicted molar refractivity (Wildman–Crippen MR) is 129 cm³/mol. The lowest BCUT2D eigenvalue weighted by atomic mass is 9.91. The van der Waals surface area contributed by atoms with E-state index in [0.717, 1.165) is 10.5 Å². The molecule has 178 valence electrons. The second-order valence-electron chi connectivity index (χ2n) is 8.46. The third kappa shape index (κ3) is 8.92. The maximum Gasteiger partial charge on any atom is 0.344 e. The Morgan fingerprint density at radius 2 is 1.61 bits per heavy atom. The highest BCUT2D eigenvalue weighted by Crippen LogP contribution is 2.22. The number of hydrogen-bond acceptors (Lipinski definition) is 7. The molecule has 0 spiro atoms. The number of Topliss-reactive ketones (excluding diaryl/α,β-unsaturated/α-hetero) is 1. The van der Waals surface area contributed by atoms with E-state index >= 15 is 0 Å². The molecule has 1 unspecified atom stereocenters. The highest BCUT2D eigenvalue weighted by Gasteiger charge is 2.28. The third-order valence-corrected chi connectivity index (χ3v) is 5.43. The van der Waals surface area contributed by atoms with Crippen LogP contribution in [0.5, 0.6) is 5.75 Å². The van der Waals surface area contributed by atoms with Crippen LogP contribution in [0, 0.1) is 5.92 Å². The lowest BCUT2D eigenvalue weighted by Crippen LogP contribution is -2.27. The molecule has 0 N–H and O–H groups in total. The summed E-state index contributed by atoms with van der Waals surface area (Å²) < 4.78 is 15.9. The normalized spacial score (nSPS) is 12.0. The first kappa shape index (κ1) is 26.5. The van der Waals surface area contributed by atoms with Gasteiger partial charge in [0.2, 0.25) is 0 Å². The Kier molecular flexibility index (Phi) is 9.97. The average molecular weight is 473 g/mol. The van der Waals surface area contributed by atoms with Crippen LogP contribution in [-0.4, -0.2) is 42.8 Å². The predicted octanol–water partition coefficient (Wildman–Crippen LogP) is 5.12. The molecule has 0 heterocycles. The summed E-state index contributed by atoms with van der Waals surface area (Å²) in [6.07, 6.45) is 2.82. The van der Waals surface area contributed by atoms with E-state index in [9.17, 15) is 14.4 Å². The number of carbonyl (C=O) groups excluding carboxylic acids is 3. The van der Waals surface area contributed by atoms with Crippen LogP contribution in [0.3, 0.4) is 0 Å². The van der Waals surface area contributed by atoms with Crippen LogP contribution < -0.4 is 4.74 Å². The van der Waals surface area contributed by atoms with Crippen molar-refractivity contribution in [3.8, 4) is 5.75 Å². The molecule has 0 fully saturated rings. The number of carbonyl (C=O) groups is 3. The second kappa shape index (κ2) is 12.4. The van der Waals surface area contributed by atoms with Crippen molar-refractivity contribution in [1.29, 1.82) is 0 Å². The fraction of sp³-hybridized carbons (Fsp3) is 0.423. The van der Waals surface area contributed by atoms with Gasteiger partial charge in [-0.05, 0) is 76.6 Å². The average Bonchev–Trinajstić information content (AvgIpc) is 2.77. The van der Waals surface area contributed by atoms with E-state index in [0.29, 0.717) is 24.2 Å². The first-order chi connectivity index (χ1) is 15.6. The zero-order valence-electron chi connectivity index (χ0n) is 19.9. The van der Waals surface area contributed by atoms with Crippen molar-refractivity contribution in [3.63, 3.8) is 0 Å². The smallest absolute Gasteiger partial charge is 0.344 e. The number of ketones is 1. The number of thioether (sulfide) groups is 1. The third-order valence-electron chi connectivity index (χ3n) is 4.68. The summed E-state index contributed by atoms with van der Waals surface area (Å²) in [6.45, 7) is 7.17. The molecule has 0 aliphatic carbocycles. The monoisotopic (exact) mass is 472 g/mol. The molecule has 7 heteroatoms. The Hall–Kier alpha value is -2.80. The lowest BCUT2D eigenvalue weighted by molar-refractivity contribution is -0.157. The number of esters is 2. The van der Waals surface area contributed by atoms with Crippen molar-refractivity contribution >= 4 is 29.5 Å². The lowest BCUT2D eigenvalue weighted by Gasteiger charge is -2.19. The van der Waals surface area contributed by atoms with E-state index in [1.54, 1.807) is 63.7 Å². The Balaban J connectivity index is 1.99. The SMILES string of the molecule is CCOC(=O)C(CCc1ccc(OCC(=O)OC(C)(C)C)cc1)C(=O)c1ccc(SC)cc1. The topological polar surface area (TPSA) is 78.9 Å². The Morgan fingerprint density at radius 1 is 0.970 bits per heavy atom. The van der Waals surface area contributed by atoms with E-state index in [4.69, 9.17) is 14.2 Å². The molecule has 0 aliphatic heterocycles. The second-order valence-corrected chi connectivity index (χ2v) is 9.33. The maximum absolute atomic E-state index is 13.0. The van der Waals surface area contributed by atoms with Crippen LogP contribution in [0.2, 0.25) is 0 Å². The van der Waals surface area contributed by atoms with Crippen molar-refractivity contribution in [2.24, 2.45) is 5.92 Å². The van der Waals surface area contributed by atoms with Gasteiger partial charge in [-0.15, -0.1) is 11.8 Å². The zero-order chi connectivity index (χ0) is 24.4. The molecule has 0 aromatic heterocycles. The van der Waals surface area contributed by atoms with Gasteiger partial charge in [-0.3, -0.25) is 9.59 Å². The van der Waals surface area contributed by atoms with Gasteiger partial charge >= 0.3 is 11.9 Å². The molecule has 0 amide bonds. The minimum Gasteiger partial charge on any atom is -0.482 e. The van der Waals surface area contributed by atoms with Crippen LogP contribution in [0.4, 0.5) is 0 Å². The van der Waals surface area contributed by atoms with Gasteiger partial charge in [0.05, 0.1) is 6.61 Å². The number of benzene rings is 2. The van der Waals surface area contributed by atoms with E-state index in [-0.39, 0.29) is 19.0 Å². The summed E-state index contributed by atoms with van der Waals surface area (Å²) in [7, 11) is 0. The first-order valence-electron chi connectivity index (χ1n) is 10.9. The van der Waals surface area contributed by atoms with Crippen LogP contribution in [0.25, 0.3) is 0 Å². The highest BCUT2D eigenvalue weighted by atomic mass is 32.2. The summed E-state index contributed by atoms with van der Waals surface area (Å²) in [5, 5.41) is 0. The Bertz CT molecular complexity index is 929. The number of ether oxygens (including phenoxy) is 3. The molecule has 2 aromatic rings. The minimum atomic E-state index is -0.867. The van der Waals surface area contributed by atoms with Gasteiger partial charge in [-0.2, -0.15) is 0 Å². The minimum absolute atomic E-state index is 0.175. The van der Waals surface area contributed by atoms with Gasteiger partial charge < -0.3 is 14.2 Å². The van der Waals surface area contributed by atoms with Gasteiger partial charge in [-0.25, -0.2) is 4.79 Å². The van der Waals surface area contributed by atoms with Crippen molar-refractivity contribution < 1.29 is 28.6 Å². The molecular formula is C26H32O6S. The van der Waals surface area contributed by atoms with Crippen molar-refractivity contribution in [3.05, 3.63) is 59.7 Å². The molecule has 0 radical (unpaired) electrons. The van der Waals surface area contributed by atoms with E-state index < -0.39 is 23.5 Å². The molecule has 2 rings (SSSR count). The van der Waals surface area contributed by atoms with Crippen molar-refractivity contribution in [1.82, 2.24) is 0 Å². The van der Waals surface area contributed by atoms with E-state index in [1.807, 2.05) is 30.5 Å². The molecule has 0 saturated heterocycles. The zero-order valence-corrected chi connectivity index (χ0v) is 20.7. The summed E-state index contributed by atoms with van der Waals surface area (Å²) in [5.74, 6) is -1.51. The number of hydrogen-bond donors (Lipinski definition) is 0. The summed E-state index contributed by atoms with van der Waals surface area (Å²) in [4.78, 5) is 38.3. The van der Waals surface area contributed by atoms with Crippen LogP contribution in [0.15, 0.2) is 53.4 Å². The molecule has 6 nitrogen and oxygen atoms in total. The molecule has 1 atom stereocenters. The molecule has 0 saturated carbocycles. The van der Waals surface area contributed by atoms with Gasteiger partial charge in [0.15, 0.2) is 12.4 Å². The van der Waals surface area contributed by atoms with Gasteiger partial charge in [0, 0.05) is 10.5 Å². The Morgan fingerprint density at radius 3 is 2.15 bits per heavy atom. The molecule has 0 bridgehead atoms. The van der Waals surface area contributed by atoms with Gasteiger partial charge in [-0.1, -0.05) is 24.3 Å². The van der Waals surface area contributed by atoms with Crippen LogP contribution in [0.1, 0.15) is 50.0 Å². The summed E-state index contributed by atoms with van der Waals surface area (Å²) >= 11 is 1.59. The molecule has 0 aliphatic rings. The summed E-state index contributed by atoms with van der Waals surface area (Å²) in [5.41, 5.74) is 0.880. The van der Waals surface area contributed by atoms with Crippen LogP contribution >= 0.6 is 11.8 Å². The maximum atomic E-state index is 13.0. The fourth-order valence-corrected chi connectivity index (χ4v) is 3.54. The molecule has 33 heavy (non-hydrogen) atoms. The van der Waals surface area contributed by atoms with E-state index in [1.165, 1.54) is 0 Å². The summed E-state index contributed by atoms with van der Waals surface area (Å²) in [6, 6.07) is 14.4. The molecule has 2 aromatic carbocycles. The van der Waals surface area contributed by atoms with Crippen LogP contribution in [-0.2, 0) is 25.5 Å². The Labute approximate surface area is 200 Å². The fourth-order valence-electron chi connectivity index (χ4n) is 3.13. The first-order valence-corrected chi connectivity index (χ1v) is 12.1. The number of aryl methyl sites for hydroxylation is 1.